The minimum absolute atomic E-state index is 1.63. The predicted octanol–water partition coefficient (Wildman–Crippen LogP) is -1.95. The van der Waals surface area contributed by atoms with Crippen molar-refractivity contribution in [2.75, 3.05) is 7.05 Å². The van der Waals surface area contributed by atoms with E-state index in [0.29, 0.717) is 0 Å². The van der Waals surface area contributed by atoms with Gasteiger partial charge in [-0.1, -0.05) is 0 Å². The van der Waals surface area contributed by atoms with Crippen molar-refractivity contribution in [2.45, 2.75) is 0 Å². The van der Waals surface area contributed by atoms with E-state index < -0.39 is 10.8 Å². The van der Waals surface area contributed by atoms with E-state index in [0.717, 1.165) is 0 Å². The lowest BCUT2D eigenvalue weighted by molar-refractivity contribution is 1.04. The van der Waals surface area contributed by atoms with Gasteiger partial charge >= 0.3 is 0 Å². The molecule has 0 fully saturated rings. The minimum atomic E-state index is -1.88. The van der Waals surface area contributed by atoms with Crippen molar-refractivity contribution < 1.29 is 0 Å². The highest BCUT2D eigenvalue weighted by molar-refractivity contribution is 8.26. The Morgan fingerprint density at radius 1 is 1.43 bits per heavy atom. The van der Waals surface area contributed by atoms with Gasteiger partial charge in [0, 0.05) is 0 Å². The quantitative estimate of drug-likeness (QED) is 0.218. The maximum Gasteiger partial charge on any atom is -0.00374 e. The molecule has 0 saturated heterocycles. The Bertz CT molecular complexity index is 46.0. The van der Waals surface area contributed by atoms with Crippen LogP contribution in [0.1, 0.15) is 0 Å². The summed E-state index contributed by atoms with van der Waals surface area (Å²) in [6.45, 7) is 0. The third-order valence-corrected chi connectivity index (χ3v) is 1.60. The zero-order chi connectivity index (χ0) is 5.91. The molecule has 0 spiro atoms. The second kappa shape index (κ2) is 2.46. The first-order chi connectivity index (χ1) is 3.12. The van der Waals surface area contributed by atoms with Crippen molar-refractivity contribution in [1.29, 1.82) is 0 Å². The lowest BCUT2D eigenvalue weighted by Gasteiger charge is -2.27. The maximum absolute atomic E-state index is 5.23. The first-order valence-electron chi connectivity index (χ1n) is 1.67. The fraction of sp³-hybridized carbons (Fsp3) is 1.00. The molecule has 0 amide bonds. The molecule has 0 bridgehead atoms. The molecule has 0 aliphatic heterocycles. The second-order valence-corrected chi connectivity index (χ2v) is 3.09. The van der Waals surface area contributed by atoms with Crippen LogP contribution in [0.2, 0.25) is 0 Å². The number of hydrogen-bond donors (Lipinski definition) is 5. The molecule has 5 nitrogen and oxygen atoms in total. The largest absolute Gasteiger partial charge is 0.260 e. The molecule has 0 heterocycles. The molecule has 0 rings (SSSR count). The topological polar surface area (TPSA) is 102 Å². The van der Waals surface area contributed by atoms with Crippen LogP contribution < -0.4 is 25.7 Å². The molecule has 7 heavy (non-hydrogen) atoms. The summed E-state index contributed by atoms with van der Waals surface area (Å²) in [6, 6.07) is 0. The molecule has 0 aromatic rings. The molecule has 0 saturated carbocycles. The van der Waals surface area contributed by atoms with Gasteiger partial charge in [-0.15, -0.1) is 0 Å². The zero-order valence-electron chi connectivity index (χ0n) is 4.14. The first kappa shape index (κ1) is 7.15. The Hall–Kier alpha value is 0.150. The van der Waals surface area contributed by atoms with Crippen LogP contribution in [0, 0.1) is 0 Å². The van der Waals surface area contributed by atoms with E-state index in [1.54, 1.807) is 7.05 Å². The highest BCUT2D eigenvalue weighted by Gasteiger charge is 2.01. The molecule has 6 heteroatoms. The number of hydrogen-bond acceptors (Lipinski definition) is 5. The summed E-state index contributed by atoms with van der Waals surface area (Å²) >= 11 is 0. The summed E-state index contributed by atoms with van der Waals surface area (Å²) in [5.41, 5.74) is 0. The van der Waals surface area contributed by atoms with Crippen LogP contribution in [0.5, 0.6) is 0 Å². The summed E-state index contributed by atoms with van der Waals surface area (Å²) in [5.74, 6) is 4.89. The molecule has 46 valence electrons. The van der Waals surface area contributed by atoms with Crippen LogP contribution in [0.3, 0.4) is 0 Å². The second-order valence-electron chi connectivity index (χ2n) is 1.03. The molecular formula is CH11N5S. The van der Waals surface area contributed by atoms with Gasteiger partial charge in [-0.25, -0.2) is 4.72 Å². The average molecular weight is 125 g/mol. The van der Waals surface area contributed by atoms with Crippen molar-refractivity contribution in [2.24, 2.45) is 16.1 Å². The van der Waals surface area contributed by atoms with E-state index in [-0.39, 0.29) is 0 Å². The molecule has 0 unspecified atom stereocenters. The molecule has 0 aromatic carbocycles. The van der Waals surface area contributed by atoms with Crippen LogP contribution in [0.25, 0.3) is 0 Å². The van der Waals surface area contributed by atoms with Gasteiger partial charge in [0.2, 0.25) is 0 Å². The predicted molar refractivity (Wildman–Crippen MR) is 32.3 cm³/mol. The van der Waals surface area contributed by atoms with Gasteiger partial charge in [0.25, 0.3) is 0 Å². The summed E-state index contributed by atoms with van der Waals surface area (Å²) in [7, 11) is -0.246. The van der Waals surface area contributed by atoms with Crippen LogP contribution in [0.4, 0.5) is 0 Å². The molecule has 0 aromatic heterocycles. The molecule has 0 aliphatic carbocycles. The highest BCUT2D eigenvalue weighted by Crippen LogP contribution is 2.11. The van der Waals surface area contributed by atoms with Crippen molar-refractivity contribution in [3.63, 3.8) is 0 Å². The van der Waals surface area contributed by atoms with Gasteiger partial charge in [-0.05, 0) is 17.8 Å². The van der Waals surface area contributed by atoms with E-state index in [9.17, 15) is 0 Å². The lowest BCUT2D eigenvalue weighted by Crippen LogP contribution is -2.46. The average Bonchev–Trinajstić information content (AvgIpc) is 1.68. The number of nitrogens with one attached hydrogen (secondary N) is 2. The Balaban J connectivity index is 3.36. The fourth-order valence-corrected chi connectivity index (χ4v) is 0.177. The Labute approximate surface area is 44.4 Å². The normalized spacial score (nSPS) is 14.3. The smallest absolute Gasteiger partial charge is 0.00374 e. The van der Waals surface area contributed by atoms with Gasteiger partial charge in [0.15, 0.2) is 0 Å². The molecule has 8 N–H and O–H groups in total. The third-order valence-electron chi connectivity index (χ3n) is 0.533. The summed E-state index contributed by atoms with van der Waals surface area (Å²) in [6.07, 6.45) is 0. The third kappa shape index (κ3) is 2.80. The zero-order valence-corrected chi connectivity index (χ0v) is 4.96. The lowest BCUT2D eigenvalue weighted by atomic mass is 11.6. The number of hydrazine groups is 1. The Morgan fingerprint density at radius 3 is 1.86 bits per heavy atom. The molecular weight excluding hydrogens is 114 g/mol. The van der Waals surface area contributed by atoms with Gasteiger partial charge in [0.05, 0.1) is 0 Å². The fourth-order valence-electron chi connectivity index (χ4n) is 0.0589. The van der Waals surface area contributed by atoms with E-state index in [1.165, 1.54) is 0 Å². The Kier molecular flexibility index (Phi) is 2.51. The van der Waals surface area contributed by atoms with Gasteiger partial charge in [-0.3, -0.25) is 16.1 Å². The monoisotopic (exact) mass is 125 g/mol. The van der Waals surface area contributed by atoms with Gasteiger partial charge in [-0.2, -0.15) is 4.83 Å². The Morgan fingerprint density at radius 2 is 1.86 bits per heavy atom. The summed E-state index contributed by atoms with van der Waals surface area (Å²) in [5, 5.41) is 10.5. The van der Waals surface area contributed by atoms with Gasteiger partial charge in [0.1, 0.15) is 0 Å². The van der Waals surface area contributed by atoms with Crippen LogP contribution in [-0.4, -0.2) is 7.05 Å². The van der Waals surface area contributed by atoms with Crippen LogP contribution in [-0.2, 0) is 0 Å². The van der Waals surface area contributed by atoms with Crippen molar-refractivity contribution in [3.8, 4) is 0 Å². The SMILES string of the molecule is CNS(N)(N)NN. The van der Waals surface area contributed by atoms with E-state index in [2.05, 4.69) is 9.55 Å². The maximum atomic E-state index is 5.23. The minimum Gasteiger partial charge on any atom is -0.260 e. The summed E-state index contributed by atoms with van der Waals surface area (Å²) in [4.78, 5) is 2.22. The van der Waals surface area contributed by atoms with E-state index >= 15 is 0 Å². The van der Waals surface area contributed by atoms with Crippen molar-refractivity contribution in [1.82, 2.24) is 9.55 Å². The van der Waals surface area contributed by atoms with E-state index in [4.69, 9.17) is 16.1 Å². The van der Waals surface area contributed by atoms with Crippen LogP contribution >= 0.6 is 10.8 Å². The first-order valence-corrected chi connectivity index (χ1v) is 3.43. The molecule has 0 atom stereocenters. The van der Waals surface area contributed by atoms with Crippen LogP contribution in [0.15, 0.2) is 0 Å². The van der Waals surface area contributed by atoms with Crippen molar-refractivity contribution >= 4 is 10.8 Å². The number of rotatable bonds is 2. The molecule has 0 radical (unpaired) electrons. The standard InChI is InChI=1S/CH11N5S/c1-5-7(3,4)6-2/h5-6H,2-4H2,1H3. The summed E-state index contributed by atoms with van der Waals surface area (Å²) < 4.78 is 2.59. The van der Waals surface area contributed by atoms with E-state index in [1.807, 2.05) is 0 Å². The van der Waals surface area contributed by atoms with Crippen molar-refractivity contribution in [3.05, 3.63) is 0 Å². The highest BCUT2D eigenvalue weighted by atomic mass is 32.3. The van der Waals surface area contributed by atoms with Gasteiger partial charge < -0.3 is 0 Å². The number of nitrogens with two attached hydrogens (primary N) is 3. The molecule has 0 aliphatic rings.